The Kier molecular flexibility index (Phi) is 4.59. The van der Waals surface area contributed by atoms with E-state index in [1.165, 1.54) is 0 Å². The first-order valence-electron chi connectivity index (χ1n) is 8.94. The Morgan fingerprint density at radius 2 is 1.96 bits per heavy atom. The van der Waals surface area contributed by atoms with Gasteiger partial charge in [-0.05, 0) is 37.1 Å². The van der Waals surface area contributed by atoms with E-state index in [0.717, 1.165) is 57.1 Å². The van der Waals surface area contributed by atoms with Crippen LogP contribution in [0.3, 0.4) is 0 Å². The Labute approximate surface area is 148 Å². The Hall–Kier alpha value is -2.11. The van der Waals surface area contributed by atoms with E-state index in [1.54, 1.807) is 6.26 Å². The molecule has 1 aromatic heterocycles. The van der Waals surface area contributed by atoms with E-state index in [9.17, 15) is 4.79 Å². The van der Waals surface area contributed by atoms with Gasteiger partial charge < -0.3 is 14.5 Å². The lowest BCUT2D eigenvalue weighted by Gasteiger charge is -2.37. The number of hydrogen-bond donors (Lipinski definition) is 1. The van der Waals surface area contributed by atoms with Crippen LogP contribution >= 0.6 is 0 Å². The van der Waals surface area contributed by atoms with Gasteiger partial charge in [-0.1, -0.05) is 18.2 Å². The van der Waals surface area contributed by atoms with E-state index in [1.807, 2.05) is 42.5 Å². The van der Waals surface area contributed by atoms with E-state index in [0.29, 0.717) is 0 Å². The van der Waals surface area contributed by atoms with Gasteiger partial charge in [-0.2, -0.15) is 0 Å². The molecule has 2 saturated heterocycles. The molecule has 0 unspecified atom stereocenters. The number of benzene rings is 1. The molecule has 3 heterocycles. The summed E-state index contributed by atoms with van der Waals surface area (Å²) in [6.45, 7) is 3.92. The monoisotopic (exact) mass is 340 g/mol. The largest absolute Gasteiger partial charge is 0.468 e. The highest BCUT2D eigenvalue weighted by Crippen LogP contribution is 2.45. The van der Waals surface area contributed by atoms with E-state index in [4.69, 9.17) is 9.15 Å². The summed E-state index contributed by atoms with van der Waals surface area (Å²) in [4.78, 5) is 15.4. The first-order chi connectivity index (χ1) is 12.3. The number of ether oxygens (including phenoxy) is 1. The van der Waals surface area contributed by atoms with Crippen LogP contribution < -0.4 is 5.32 Å². The van der Waals surface area contributed by atoms with Crippen molar-refractivity contribution in [1.82, 2.24) is 4.90 Å². The van der Waals surface area contributed by atoms with Crippen LogP contribution in [-0.4, -0.2) is 37.1 Å². The minimum Gasteiger partial charge on any atom is -0.468 e. The maximum absolute atomic E-state index is 13.0. The predicted octanol–water partition coefficient (Wildman–Crippen LogP) is 3.15. The van der Waals surface area contributed by atoms with Gasteiger partial charge in [0.1, 0.15) is 5.76 Å². The van der Waals surface area contributed by atoms with E-state index < -0.39 is 0 Å². The van der Waals surface area contributed by atoms with Gasteiger partial charge >= 0.3 is 0 Å². The molecule has 2 aliphatic rings. The summed E-state index contributed by atoms with van der Waals surface area (Å²) in [5, 5.41) is 3.10. The van der Waals surface area contributed by atoms with Crippen LogP contribution in [0.1, 0.15) is 18.6 Å². The maximum Gasteiger partial charge on any atom is 0.229 e. The average Bonchev–Trinajstić information content (AvgIpc) is 3.25. The lowest BCUT2D eigenvalue weighted by molar-refractivity contribution is -0.124. The molecule has 1 amide bonds. The summed E-state index contributed by atoms with van der Waals surface area (Å²) >= 11 is 0. The number of nitrogens with zero attached hydrogens (tertiary/aromatic N) is 1. The molecule has 0 aliphatic carbocycles. The highest BCUT2D eigenvalue weighted by Gasteiger charge is 2.50. The van der Waals surface area contributed by atoms with Gasteiger partial charge in [0.2, 0.25) is 5.91 Å². The lowest BCUT2D eigenvalue weighted by atomic mass is 9.71. The fraction of sp³-hybridized carbons (Fsp3) is 0.450. The van der Waals surface area contributed by atoms with Crippen LogP contribution in [0.25, 0.3) is 0 Å². The third-order valence-corrected chi connectivity index (χ3v) is 5.52. The summed E-state index contributed by atoms with van der Waals surface area (Å²) in [6.07, 6.45) is 3.58. The molecule has 0 radical (unpaired) electrons. The van der Waals surface area contributed by atoms with Crippen molar-refractivity contribution in [2.75, 3.05) is 31.6 Å². The van der Waals surface area contributed by atoms with Crippen molar-refractivity contribution in [3.63, 3.8) is 0 Å². The number of hydrogen-bond acceptors (Lipinski definition) is 4. The van der Waals surface area contributed by atoms with Crippen LogP contribution in [-0.2, 0) is 16.1 Å². The van der Waals surface area contributed by atoms with Crippen molar-refractivity contribution < 1.29 is 13.9 Å². The molecule has 0 saturated carbocycles. The number of likely N-dealkylation sites (tertiary alicyclic amines) is 1. The normalized spacial score (nSPS) is 23.0. The Balaban J connectivity index is 1.51. The molecule has 2 aromatic rings. The van der Waals surface area contributed by atoms with Gasteiger partial charge in [-0.25, -0.2) is 0 Å². The number of carbonyl (C=O) groups is 1. The van der Waals surface area contributed by atoms with Crippen LogP contribution in [0.5, 0.6) is 0 Å². The first-order valence-corrected chi connectivity index (χ1v) is 8.94. The maximum atomic E-state index is 13.0. The van der Waals surface area contributed by atoms with Gasteiger partial charge in [0.25, 0.3) is 0 Å². The molecule has 2 aliphatic heterocycles. The second-order valence-corrected chi connectivity index (χ2v) is 7.13. The SMILES string of the molecule is O=C(Nc1ccccc1)[C@H]1CN(Cc2ccco2)CC12CCOCC2. The molecule has 1 aromatic carbocycles. The quantitative estimate of drug-likeness (QED) is 0.929. The number of carbonyl (C=O) groups excluding carboxylic acids is 1. The summed E-state index contributed by atoms with van der Waals surface area (Å²) in [7, 11) is 0. The molecule has 132 valence electrons. The molecule has 4 rings (SSSR count). The number of para-hydroxylation sites is 1. The Morgan fingerprint density at radius 1 is 1.16 bits per heavy atom. The summed E-state index contributed by atoms with van der Waals surface area (Å²) in [5.74, 6) is 1.05. The smallest absolute Gasteiger partial charge is 0.229 e. The number of anilines is 1. The Bertz CT molecular complexity index is 693. The van der Waals surface area contributed by atoms with Crippen molar-refractivity contribution in [2.24, 2.45) is 11.3 Å². The lowest BCUT2D eigenvalue weighted by Crippen LogP contribution is -2.42. The highest BCUT2D eigenvalue weighted by molar-refractivity contribution is 5.93. The van der Waals surface area contributed by atoms with Gasteiger partial charge in [0.05, 0.1) is 18.7 Å². The van der Waals surface area contributed by atoms with Crippen LogP contribution in [0, 0.1) is 11.3 Å². The second-order valence-electron chi connectivity index (χ2n) is 7.13. The highest BCUT2D eigenvalue weighted by atomic mass is 16.5. The van der Waals surface area contributed by atoms with Crippen molar-refractivity contribution in [2.45, 2.75) is 19.4 Å². The van der Waals surface area contributed by atoms with Gasteiger partial charge in [0.15, 0.2) is 0 Å². The van der Waals surface area contributed by atoms with Gasteiger partial charge in [0, 0.05) is 37.4 Å². The van der Waals surface area contributed by atoms with Crippen molar-refractivity contribution in [3.05, 3.63) is 54.5 Å². The van der Waals surface area contributed by atoms with Gasteiger partial charge in [-0.15, -0.1) is 0 Å². The molecule has 5 heteroatoms. The first kappa shape index (κ1) is 16.4. The van der Waals surface area contributed by atoms with Crippen molar-refractivity contribution in [3.8, 4) is 0 Å². The minimum atomic E-state index is -0.0217. The topological polar surface area (TPSA) is 54.7 Å². The molecular formula is C20H24N2O3. The fourth-order valence-electron chi connectivity index (χ4n) is 4.21. The third kappa shape index (κ3) is 3.48. The number of nitrogens with one attached hydrogen (secondary N) is 1. The minimum absolute atomic E-state index is 0.00368. The van der Waals surface area contributed by atoms with E-state index in [-0.39, 0.29) is 17.2 Å². The van der Waals surface area contributed by atoms with Gasteiger partial charge in [-0.3, -0.25) is 9.69 Å². The van der Waals surface area contributed by atoms with E-state index in [2.05, 4.69) is 10.2 Å². The zero-order valence-electron chi connectivity index (χ0n) is 14.3. The Morgan fingerprint density at radius 3 is 2.68 bits per heavy atom. The van der Waals surface area contributed by atoms with E-state index >= 15 is 0 Å². The molecule has 1 atom stereocenters. The third-order valence-electron chi connectivity index (χ3n) is 5.52. The van der Waals surface area contributed by atoms with Crippen molar-refractivity contribution >= 4 is 11.6 Å². The average molecular weight is 340 g/mol. The van der Waals surface area contributed by atoms with Crippen LogP contribution in [0.15, 0.2) is 53.1 Å². The molecule has 0 bridgehead atoms. The summed E-state index contributed by atoms with van der Waals surface area (Å²) in [6, 6.07) is 13.6. The molecule has 1 N–H and O–H groups in total. The second kappa shape index (κ2) is 7.02. The fourth-order valence-corrected chi connectivity index (χ4v) is 4.21. The number of rotatable bonds is 4. The number of furan rings is 1. The van der Waals surface area contributed by atoms with Crippen molar-refractivity contribution in [1.29, 1.82) is 0 Å². The predicted molar refractivity (Wildman–Crippen MR) is 95.0 cm³/mol. The summed E-state index contributed by atoms with van der Waals surface area (Å²) in [5.41, 5.74) is 0.864. The molecular weight excluding hydrogens is 316 g/mol. The van der Waals surface area contributed by atoms with Crippen LogP contribution in [0.2, 0.25) is 0 Å². The molecule has 5 nitrogen and oxygen atoms in total. The number of amides is 1. The zero-order chi connectivity index (χ0) is 17.1. The molecule has 25 heavy (non-hydrogen) atoms. The summed E-state index contributed by atoms with van der Waals surface area (Å²) < 4.78 is 11.1. The van der Waals surface area contributed by atoms with Crippen LogP contribution in [0.4, 0.5) is 5.69 Å². The molecule has 1 spiro atoms. The standard InChI is InChI=1S/C20H24N2O3/c23-19(21-16-5-2-1-3-6-16)18-14-22(13-17-7-4-10-25-17)15-20(18)8-11-24-12-9-20/h1-7,10,18H,8-9,11-15H2,(H,21,23)/t18-/m1/s1. The molecule has 2 fully saturated rings. The zero-order valence-corrected chi connectivity index (χ0v) is 14.3.